The van der Waals surface area contributed by atoms with Crippen LogP contribution in [0.3, 0.4) is 0 Å². The largest absolute Gasteiger partial charge is 0.477 e. The summed E-state index contributed by atoms with van der Waals surface area (Å²) in [4.78, 5) is 25.8. The highest BCUT2D eigenvalue weighted by Crippen LogP contribution is 2.18. The summed E-state index contributed by atoms with van der Waals surface area (Å²) in [5.41, 5.74) is 2.49. The lowest BCUT2D eigenvalue weighted by Gasteiger charge is -2.15. The van der Waals surface area contributed by atoms with Crippen molar-refractivity contribution >= 4 is 17.8 Å². The molecule has 0 aromatic heterocycles. The normalized spacial score (nSPS) is 27.7. The van der Waals surface area contributed by atoms with E-state index in [1.54, 1.807) is 6.92 Å². The van der Waals surface area contributed by atoms with Gasteiger partial charge in [0, 0.05) is 6.54 Å². The van der Waals surface area contributed by atoms with E-state index in [1.807, 2.05) is 0 Å². The first kappa shape index (κ1) is 9.46. The summed E-state index contributed by atoms with van der Waals surface area (Å²) in [6.45, 7) is 1.76. The lowest BCUT2D eigenvalue weighted by Crippen LogP contribution is -2.48. The van der Waals surface area contributed by atoms with Crippen LogP contribution in [0.15, 0.2) is 4.99 Å². The number of hydrogen-bond donors (Lipinski definition) is 3. The molecule has 0 saturated carbocycles. The highest BCUT2D eigenvalue weighted by atomic mass is 16.4. The Morgan fingerprint density at radius 2 is 2.31 bits per heavy atom. The van der Waals surface area contributed by atoms with Crippen LogP contribution < -0.4 is 5.73 Å². The van der Waals surface area contributed by atoms with Crippen molar-refractivity contribution < 1.29 is 19.8 Å². The van der Waals surface area contributed by atoms with E-state index >= 15 is 0 Å². The third-order valence-electron chi connectivity index (χ3n) is 1.71. The number of carboxylic acid groups (broad SMARTS) is 1. The second-order valence-corrected chi connectivity index (χ2v) is 2.50. The maximum Gasteiger partial charge on any atom is 0.369 e. The highest BCUT2D eigenvalue weighted by molar-refractivity contribution is 6.15. The molecule has 1 heterocycles. The Morgan fingerprint density at radius 3 is 2.54 bits per heavy atom. The van der Waals surface area contributed by atoms with Crippen molar-refractivity contribution in [2.75, 3.05) is 6.54 Å². The van der Waals surface area contributed by atoms with Gasteiger partial charge in [-0.15, -0.1) is 0 Å². The number of guanidine groups is 1. The molecule has 1 aliphatic heterocycles. The third-order valence-corrected chi connectivity index (χ3v) is 1.71. The first-order valence-electron chi connectivity index (χ1n) is 3.56. The second-order valence-electron chi connectivity index (χ2n) is 2.50. The molecule has 4 N–H and O–H groups in total. The van der Waals surface area contributed by atoms with Crippen LogP contribution in [0.25, 0.3) is 0 Å². The minimum atomic E-state index is -2.74. The lowest BCUT2D eigenvalue weighted by molar-refractivity contribution is -0.166. The second kappa shape index (κ2) is 2.70. The maximum absolute atomic E-state index is 11.2. The van der Waals surface area contributed by atoms with E-state index in [1.165, 1.54) is 0 Å². The van der Waals surface area contributed by atoms with E-state index < -0.39 is 17.6 Å². The van der Waals surface area contributed by atoms with Crippen LogP contribution in [-0.4, -0.2) is 45.2 Å². The Balaban J connectivity index is 3.08. The average molecular weight is 187 g/mol. The fourth-order valence-electron chi connectivity index (χ4n) is 1.01. The quantitative estimate of drug-likeness (QED) is 0.429. The minimum Gasteiger partial charge on any atom is -0.477 e. The zero-order valence-corrected chi connectivity index (χ0v) is 6.89. The summed E-state index contributed by atoms with van der Waals surface area (Å²) in [6.07, 6.45) is 0. The predicted octanol–water partition coefficient (Wildman–Crippen LogP) is -2.06. The smallest absolute Gasteiger partial charge is 0.369 e. The third kappa shape index (κ3) is 1.13. The fraction of sp³-hybridized carbons (Fsp3) is 0.500. The summed E-state index contributed by atoms with van der Waals surface area (Å²) in [7, 11) is 0. The number of rotatable bonds is 2. The number of hydrogen-bond acceptors (Lipinski definition) is 5. The van der Waals surface area contributed by atoms with Gasteiger partial charge in [0.05, 0.1) is 0 Å². The van der Waals surface area contributed by atoms with Crippen LogP contribution in [0.4, 0.5) is 0 Å². The van der Waals surface area contributed by atoms with Gasteiger partial charge in [-0.05, 0) is 6.92 Å². The topological polar surface area (TPSA) is 116 Å². The number of aliphatic carboxylic acids is 1. The Labute approximate surface area is 73.5 Å². The molecule has 72 valence electrons. The Kier molecular flexibility index (Phi) is 1.96. The Bertz CT molecular complexity index is 300. The summed E-state index contributed by atoms with van der Waals surface area (Å²) in [6, 6.07) is 0. The molecule has 1 aliphatic rings. The fourth-order valence-corrected chi connectivity index (χ4v) is 1.01. The van der Waals surface area contributed by atoms with Crippen molar-refractivity contribution in [1.82, 2.24) is 4.90 Å². The van der Waals surface area contributed by atoms with Gasteiger partial charge in [-0.2, -0.15) is 4.99 Å². The van der Waals surface area contributed by atoms with E-state index in [9.17, 15) is 14.7 Å². The maximum atomic E-state index is 11.2. The molecule has 1 atom stereocenters. The van der Waals surface area contributed by atoms with Gasteiger partial charge < -0.3 is 15.9 Å². The van der Waals surface area contributed by atoms with E-state index in [0.29, 0.717) is 0 Å². The Hall–Kier alpha value is -1.63. The van der Waals surface area contributed by atoms with Crippen LogP contribution in [0.2, 0.25) is 0 Å². The molecule has 0 bridgehead atoms. The van der Waals surface area contributed by atoms with Gasteiger partial charge in [0.25, 0.3) is 5.91 Å². The predicted molar refractivity (Wildman–Crippen MR) is 41.6 cm³/mol. The van der Waals surface area contributed by atoms with E-state index in [4.69, 9.17) is 10.8 Å². The van der Waals surface area contributed by atoms with Crippen LogP contribution in [0.5, 0.6) is 0 Å². The summed E-state index contributed by atoms with van der Waals surface area (Å²) in [5, 5.41) is 17.8. The van der Waals surface area contributed by atoms with Gasteiger partial charge in [-0.3, -0.25) is 9.69 Å². The molecule has 0 aromatic carbocycles. The first-order valence-corrected chi connectivity index (χ1v) is 3.56. The van der Waals surface area contributed by atoms with Gasteiger partial charge in [0.2, 0.25) is 5.96 Å². The molecule has 0 spiro atoms. The SMILES string of the molecule is CCN1C(=O)C(O)(C(=O)O)N=C1N. The van der Waals surface area contributed by atoms with Crippen molar-refractivity contribution in [2.24, 2.45) is 10.7 Å². The van der Waals surface area contributed by atoms with Crippen LogP contribution in [-0.2, 0) is 9.59 Å². The number of nitrogens with two attached hydrogens (primary N) is 1. The van der Waals surface area contributed by atoms with Crippen molar-refractivity contribution in [3.63, 3.8) is 0 Å². The number of amides is 1. The van der Waals surface area contributed by atoms with Crippen LogP contribution >= 0.6 is 0 Å². The number of aliphatic hydroxyl groups is 1. The molecule has 1 unspecified atom stereocenters. The molecule has 1 rings (SSSR count). The number of carbonyl (C=O) groups excluding carboxylic acids is 1. The molecule has 7 nitrogen and oxygen atoms in total. The minimum absolute atomic E-state index is 0.170. The number of carboxylic acids is 1. The van der Waals surface area contributed by atoms with Crippen LogP contribution in [0.1, 0.15) is 6.92 Å². The first-order chi connectivity index (χ1) is 5.93. The van der Waals surface area contributed by atoms with Crippen molar-refractivity contribution in [1.29, 1.82) is 0 Å². The van der Waals surface area contributed by atoms with Crippen LogP contribution in [0, 0.1) is 0 Å². The number of nitrogens with zero attached hydrogens (tertiary/aromatic N) is 2. The molecule has 13 heavy (non-hydrogen) atoms. The van der Waals surface area contributed by atoms with Crippen molar-refractivity contribution in [3.05, 3.63) is 0 Å². The van der Waals surface area contributed by atoms with E-state index in [-0.39, 0.29) is 12.5 Å². The standard InChI is InChI=1S/C6H9N3O4/c1-2-9-3(10)6(13,4(11)12)8-5(9)7/h13H,2H2,1H3,(H2,7,8)(H,11,12). The number of likely N-dealkylation sites (N-methyl/N-ethyl adjacent to an activating group) is 1. The van der Waals surface area contributed by atoms with Gasteiger partial charge in [-0.25, -0.2) is 4.79 Å². The van der Waals surface area contributed by atoms with Gasteiger partial charge >= 0.3 is 11.7 Å². The molecule has 7 heteroatoms. The molecule has 0 fully saturated rings. The highest BCUT2D eigenvalue weighted by Gasteiger charge is 2.52. The molecule has 0 aliphatic carbocycles. The monoisotopic (exact) mass is 187 g/mol. The van der Waals surface area contributed by atoms with Gasteiger partial charge in [0.15, 0.2) is 0 Å². The van der Waals surface area contributed by atoms with E-state index in [0.717, 1.165) is 4.90 Å². The van der Waals surface area contributed by atoms with Crippen molar-refractivity contribution in [3.8, 4) is 0 Å². The molecule has 0 aromatic rings. The molecular formula is C6H9N3O4. The molecular weight excluding hydrogens is 178 g/mol. The number of aliphatic imine (C=N–C) groups is 1. The molecule has 1 amide bonds. The summed E-state index contributed by atoms with van der Waals surface area (Å²) < 4.78 is 0. The molecule has 0 saturated heterocycles. The zero-order chi connectivity index (χ0) is 10.2. The average Bonchev–Trinajstić information content (AvgIpc) is 2.25. The Morgan fingerprint density at radius 1 is 1.77 bits per heavy atom. The zero-order valence-electron chi connectivity index (χ0n) is 6.89. The van der Waals surface area contributed by atoms with Crippen molar-refractivity contribution in [2.45, 2.75) is 12.6 Å². The summed E-state index contributed by atoms with van der Waals surface area (Å²) in [5.74, 6) is -3.03. The lowest BCUT2D eigenvalue weighted by atomic mass is 10.2. The summed E-state index contributed by atoms with van der Waals surface area (Å²) >= 11 is 0. The van der Waals surface area contributed by atoms with E-state index in [2.05, 4.69) is 4.99 Å². The number of carbonyl (C=O) groups is 2. The molecule has 0 radical (unpaired) electrons. The van der Waals surface area contributed by atoms with Gasteiger partial charge in [0.1, 0.15) is 0 Å². The van der Waals surface area contributed by atoms with Gasteiger partial charge in [-0.1, -0.05) is 0 Å².